The number of nitrogens with zero attached hydrogens (tertiary/aromatic N) is 1. The molecule has 1 aliphatic rings. The molecule has 5 heteroatoms. The Balaban J connectivity index is 2.67. The van der Waals surface area contributed by atoms with Gasteiger partial charge in [-0.25, -0.2) is 0 Å². The van der Waals surface area contributed by atoms with Gasteiger partial charge in [0.25, 0.3) is 0 Å². The normalized spacial score (nSPS) is 25.1. The smallest absolute Gasteiger partial charge is 0.246 e. The predicted octanol–water partition coefficient (Wildman–Crippen LogP) is 1.67. The van der Waals surface area contributed by atoms with Crippen molar-refractivity contribution in [2.24, 2.45) is 5.92 Å². The molecule has 1 aliphatic heterocycles. The number of hydrogen-bond donors (Lipinski definition) is 1. The topological polar surface area (TPSA) is 49.4 Å². The van der Waals surface area contributed by atoms with Crippen LogP contribution < -0.4 is 5.32 Å². The highest BCUT2D eigenvalue weighted by atomic mass is 32.2. The second kappa shape index (κ2) is 7.58. The molecule has 4 nitrogen and oxygen atoms in total. The molecule has 0 aromatic heterocycles. The van der Waals surface area contributed by atoms with Crippen molar-refractivity contribution < 1.29 is 9.59 Å². The molecule has 3 atom stereocenters. The zero-order valence-corrected chi connectivity index (χ0v) is 12.8. The van der Waals surface area contributed by atoms with Crippen LogP contribution in [0.25, 0.3) is 0 Å². The fraction of sp³-hybridized carbons (Fsp3) is 0.714. The van der Waals surface area contributed by atoms with Gasteiger partial charge in [0, 0.05) is 18.1 Å². The van der Waals surface area contributed by atoms with Crippen LogP contribution in [-0.2, 0) is 9.59 Å². The third kappa shape index (κ3) is 4.00. The highest BCUT2D eigenvalue weighted by Gasteiger charge is 2.39. The number of thioether (sulfide) groups is 1. The van der Waals surface area contributed by atoms with Gasteiger partial charge in [0.2, 0.25) is 11.8 Å². The van der Waals surface area contributed by atoms with E-state index in [-0.39, 0.29) is 29.8 Å². The summed E-state index contributed by atoms with van der Waals surface area (Å²) in [6.45, 7) is 10.1. The van der Waals surface area contributed by atoms with E-state index in [1.54, 1.807) is 23.6 Å². The lowest BCUT2D eigenvalue weighted by molar-refractivity contribution is -0.149. The Morgan fingerprint density at radius 2 is 2.21 bits per heavy atom. The van der Waals surface area contributed by atoms with Gasteiger partial charge in [-0.3, -0.25) is 9.59 Å². The van der Waals surface area contributed by atoms with Gasteiger partial charge in [0.1, 0.15) is 12.1 Å². The van der Waals surface area contributed by atoms with Gasteiger partial charge < -0.3 is 10.2 Å². The molecule has 1 fully saturated rings. The number of piperazine rings is 1. The number of amides is 2. The summed E-state index contributed by atoms with van der Waals surface area (Å²) in [5, 5.41) is 2.85. The molecule has 0 aromatic carbocycles. The molecule has 1 heterocycles. The van der Waals surface area contributed by atoms with Crippen molar-refractivity contribution >= 4 is 23.6 Å². The Bertz CT molecular complexity index is 346. The Hall–Kier alpha value is -0.970. The largest absolute Gasteiger partial charge is 0.342 e. The molecule has 0 aliphatic carbocycles. The molecule has 108 valence electrons. The lowest BCUT2D eigenvalue weighted by Gasteiger charge is -2.39. The summed E-state index contributed by atoms with van der Waals surface area (Å²) in [5.74, 6) is 1.89. The molecule has 2 amide bonds. The highest BCUT2D eigenvalue weighted by Crippen LogP contribution is 2.18. The van der Waals surface area contributed by atoms with Crippen LogP contribution in [-0.4, -0.2) is 46.8 Å². The van der Waals surface area contributed by atoms with Crippen LogP contribution in [0.5, 0.6) is 0 Å². The number of hydrogen-bond acceptors (Lipinski definition) is 3. The van der Waals surface area contributed by atoms with Gasteiger partial charge >= 0.3 is 0 Å². The van der Waals surface area contributed by atoms with Crippen LogP contribution in [0.2, 0.25) is 0 Å². The van der Waals surface area contributed by atoms with Gasteiger partial charge in [-0.2, -0.15) is 11.8 Å². The number of rotatable bonds is 7. The van der Waals surface area contributed by atoms with Crippen LogP contribution in [0.15, 0.2) is 12.7 Å². The van der Waals surface area contributed by atoms with E-state index in [0.29, 0.717) is 6.54 Å². The first-order chi connectivity index (χ1) is 9.02. The molecule has 1 rings (SSSR count). The number of carbonyl (C=O) groups excluding carboxylic acids is 2. The van der Waals surface area contributed by atoms with Crippen molar-refractivity contribution in [2.75, 3.05) is 18.1 Å². The van der Waals surface area contributed by atoms with Gasteiger partial charge in [0.15, 0.2) is 0 Å². The van der Waals surface area contributed by atoms with Crippen LogP contribution in [0.1, 0.15) is 27.2 Å². The highest BCUT2D eigenvalue weighted by molar-refractivity contribution is 7.99. The van der Waals surface area contributed by atoms with Crippen molar-refractivity contribution in [1.82, 2.24) is 10.2 Å². The van der Waals surface area contributed by atoms with E-state index in [1.165, 1.54) is 0 Å². The number of carbonyl (C=O) groups is 2. The Labute approximate surface area is 120 Å². The predicted molar refractivity (Wildman–Crippen MR) is 80.1 cm³/mol. The van der Waals surface area contributed by atoms with E-state index in [0.717, 1.165) is 17.9 Å². The SMILES string of the molecule is C=CCSCCN1C(=O)C(C(C)CC)NC(=O)C1C. The second-order valence-corrected chi connectivity index (χ2v) is 6.09. The van der Waals surface area contributed by atoms with E-state index in [9.17, 15) is 9.59 Å². The summed E-state index contributed by atoms with van der Waals surface area (Å²) in [6.07, 6.45) is 2.73. The first-order valence-corrected chi connectivity index (χ1v) is 7.97. The van der Waals surface area contributed by atoms with Crippen molar-refractivity contribution in [2.45, 2.75) is 39.3 Å². The summed E-state index contributed by atoms with van der Waals surface area (Å²) in [5.41, 5.74) is 0. The minimum Gasteiger partial charge on any atom is -0.342 e. The van der Waals surface area contributed by atoms with Gasteiger partial charge in [-0.15, -0.1) is 6.58 Å². The summed E-state index contributed by atoms with van der Waals surface area (Å²) in [7, 11) is 0. The molecular formula is C14H24N2O2S. The molecule has 0 radical (unpaired) electrons. The van der Waals surface area contributed by atoms with Crippen LogP contribution in [0.3, 0.4) is 0 Å². The van der Waals surface area contributed by atoms with Crippen LogP contribution in [0, 0.1) is 5.92 Å². The standard InChI is InChI=1S/C14H24N2O2S/c1-5-8-19-9-7-16-11(4)13(17)15-12(14(16)18)10(3)6-2/h5,10-12H,1,6-9H2,2-4H3,(H,15,17). The number of nitrogens with one attached hydrogen (secondary N) is 1. The Kier molecular flexibility index (Phi) is 6.42. The van der Waals surface area contributed by atoms with Crippen molar-refractivity contribution in [1.29, 1.82) is 0 Å². The van der Waals surface area contributed by atoms with Gasteiger partial charge in [0.05, 0.1) is 0 Å². The zero-order chi connectivity index (χ0) is 14.4. The third-order valence-electron chi connectivity index (χ3n) is 3.62. The summed E-state index contributed by atoms with van der Waals surface area (Å²) in [4.78, 5) is 26.1. The Morgan fingerprint density at radius 1 is 1.53 bits per heavy atom. The van der Waals surface area contributed by atoms with Crippen LogP contribution >= 0.6 is 11.8 Å². The summed E-state index contributed by atoms with van der Waals surface area (Å²) >= 11 is 1.72. The molecule has 19 heavy (non-hydrogen) atoms. The molecular weight excluding hydrogens is 260 g/mol. The fourth-order valence-electron chi connectivity index (χ4n) is 2.10. The van der Waals surface area contributed by atoms with Crippen molar-refractivity contribution in [3.8, 4) is 0 Å². The van der Waals surface area contributed by atoms with Gasteiger partial charge in [-0.1, -0.05) is 26.3 Å². The molecule has 0 spiro atoms. The lowest BCUT2D eigenvalue weighted by atomic mass is 9.94. The monoisotopic (exact) mass is 284 g/mol. The first-order valence-electron chi connectivity index (χ1n) is 6.82. The second-order valence-electron chi connectivity index (χ2n) is 4.94. The zero-order valence-electron chi connectivity index (χ0n) is 12.0. The minimum absolute atomic E-state index is 0.0429. The fourth-order valence-corrected chi connectivity index (χ4v) is 2.76. The maximum Gasteiger partial charge on any atom is 0.246 e. The van der Waals surface area contributed by atoms with Crippen molar-refractivity contribution in [3.63, 3.8) is 0 Å². The maximum atomic E-state index is 12.4. The average Bonchev–Trinajstić information content (AvgIpc) is 2.41. The molecule has 1 N–H and O–H groups in total. The molecule has 1 saturated heterocycles. The Morgan fingerprint density at radius 3 is 2.79 bits per heavy atom. The van der Waals surface area contributed by atoms with E-state index >= 15 is 0 Å². The lowest BCUT2D eigenvalue weighted by Crippen LogP contribution is -2.64. The van der Waals surface area contributed by atoms with E-state index in [4.69, 9.17) is 0 Å². The van der Waals surface area contributed by atoms with Crippen molar-refractivity contribution in [3.05, 3.63) is 12.7 Å². The summed E-state index contributed by atoms with van der Waals surface area (Å²) < 4.78 is 0. The average molecular weight is 284 g/mol. The van der Waals surface area contributed by atoms with E-state index in [1.807, 2.05) is 19.9 Å². The molecule has 0 aromatic rings. The third-order valence-corrected chi connectivity index (χ3v) is 4.56. The molecule has 3 unspecified atom stereocenters. The maximum absolute atomic E-state index is 12.4. The van der Waals surface area contributed by atoms with E-state index in [2.05, 4.69) is 11.9 Å². The van der Waals surface area contributed by atoms with Gasteiger partial charge in [-0.05, 0) is 12.8 Å². The minimum atomic E-state index is -0.364. The molecule has 0 bridgehead atoms. The first kappa shape index (κ1) is 16.1. The molecule has 0 saturated carbocycles. The summed E-state index contributed by atoms with van der Waals surface area (Å²) in [6, 6.07) is -0.727. The van der Waals surface area contributed by atoms with E-state index < -0.39 is 0 Å². The quantitative estimate of drug-likeness (QED) is 0.571. The van der Waals surface area contributed by atoms with Crippen LogP contribution in [0.4, 0.5) is 0 Å².